The molecule has 0 bridgehead atoms. The zero-order chi connectivity index (χ0) is 41.4. The fraction of sp³-hybridized carbons (Fsp3) is 0. The molecule has 0 amide bonds. The standard InChI is InChI=1S/C55H33N7S/c1-3-12-34(13-4-1)45-33-46(35-14-5-2-6-15-35)60-55(59-45)61-48-19-10-8-17-40(48)42-30-36(22-25-49(42)61)37-21-24-41-39-16-7-9-18-47(39)62(50(41)32-37)54-57-29-27-44(58-54)38-23-26-51-43(31-38)53-52(63-51)20-11-28-56-53/h1-33H. The Morgan fingerprint density at radius 2 is 0.905 bits per heavy atom. The smallest absolute Gasteiger partial charge is 0.235 e. The molecule has 0 saturated carbocycles. The predicted octanol–water partition coefficient (Wildman–Crippen LogP) is 13.9. The van der Waals surface area contributed by atoms with Crippen molar-refractivity contribution in [3.05, 3.63) is 200 Å². The van der Waals surface area contributed by atoms with Gasteiger partial charge in [-0.2, -0.15) is 0 Å². The third-order valence-electron chi connectivity index (χ3n) is 12.1. The number of pyridine rings is 1. The first kappa shape index (κ1) is 35.4. The predicted molar refractivity (Wildman–Crippen MR) is 259 cm³/mol. The molecule has 0 unspecified atom stereocenters. The van der Waals surface area contributed by atoms with Gasteiger partial charge >= 0.3 is 0 Å². The van der Waals surface area contributed by atoms with Gasteiger partial charge in [0.25, 0.3) is 0 Å². The Balaban J connectivity index is 0.961. The van der Waals surface area contributed by atoms with E-state index in [0.717, 1.165) is 99.4 Å². The van der Waals surface area contributed by atoms with Crippen LogP contribution in [0.1, 0.15) is 0 Å². The average Bonchev–Trinajstić information content (AvgIpc) is 4.01. The SMILES string of the molecule is c1ccc(-c2cc(-c3ccccc3)nc(-n3c4ccccc4c4cc(-c5ccc6c7ccccc7n(-c7nccc(-c8ccc9sc%10cccnc%10c9c8)n7)c6c5)ccc43)n2)cc1. The molecule has 13 rings (SSSR count). The lowest BCUT2D eigenvalue weighted by molar-refractivity contribution is 0.992. The van der Waals surface area contributed by atoms with Crippen LogP contribution in [-0.4, -0.2) is 34.1 Å². The third-order valence-corrected chi connectivity index (χ3v) is 13.2. The molecule has 7 nitrogen and oxygen atoms in total. The summed E-state index contributed by atoms with van der Waals surface area (Å²) in [6, 6.07) is 65.9. The summed E-state index contributed by atoms with van der Waals surface area (Å²) < 4.78 is 6.79. The van der Waals surface area contributed by atoms with E-state index in [0.29, 0.717) is 11.9 Å². The van der Waals surface area contributed by atoms with Gasteiger partial charge in [-0.05, 0) is 77.9 Å². The van der Waals surface area contributed by atoms with Crippen LogP contribution >= 0.6 is 11.3 Å². The van der Waals surface area contributed by atoms with Gasteiger partial charge in [0.15, 0.2) is 0 Å². The molecule has 7 aromatic carbocycles. The minimum absolute atomic E-state index is 0.621. The van der Waals surface area contributed by atoms with Crippen LogP contribution in [0.5, 0.6) is 0 Å². The van der Waals surface area contributed by atoms with E-state index in [4.69, 9.17) is 24.9 Å². The fourth-order valence-corrected chi connectivity index (χ4v) is 10.2. The van der Waals surface area contributed by atoms with Crippen molar-refractivity contribution in [2.75, 3.05) is 0 Å². The molecule has 0 fully saturated rings. The minimum atomic E-state index is 0.621. The number of benzene rings is 7. The Morgan fingerprint density at radius 3 is 1.67 bits per heavy atom. The first-order chi connectivity index (χ1) is 31.2. The van der Waals surface area contributed by atoms with Gasteiger partial charge in [-0.25, -0.2) is 19.9 Å². The number of fused-ring (bicyclic) bond motifs is 9. The first-order valence-corrected chi connectivity index (χ1v) is 21.7. The van der Waals surface area contributed by atoms with Gasteiger partial charge in [-0.15, -0.1) is 11.3 Å². The third kappa shape index (κ3) is 5.76. The number of nitrogens with zero attached hydrogens (tertiary/aromatic N) is 7. The summed E-state index contributed by atoms with van der Waals surface area (Å²) in [5, 5.41) is 5.69. The Bertz CT molecular complexity index is 3870. The second-order valence-corrected chi connectivity index (χ2v) is 16.8. The van der Waals surface area contributed by atoms with Gasteiger partial charge in [0, 0.05) is 60.7 Å². The van der Waals surface area contributed by atoms with Crippen molar-refractivity contribution in [1.82, 2.24) is 34.1 Å². The van der Waals surface area contributed by atoms with Crippen molar-refractivity contribution in [1.29, 1.82) is 0 Å². The summed E-state index contributed by atoms with van der Waals surface area (Å²) >= 11 is 1.76. The van der Waals surface area contributed by atoms with E-state index in [9.17, 15) is 0 Å². The molecule has 0 radical (unpaired) electrons. The highest BCUT2D eigenvalue weighted by Crippen LogP contribution is 2.39. The number of thiophene rings is 1. The molecule has 8 heteroatoms. The van der Waals surface area contributed by atoms with Gasteiger partial charge < -0.3 is 0 Å². The van der Waals surface area contributed by atoms with Crippen LogP contribution in [0.2, 0.25) is 0 Å². The zero-order valence-electron chi connectivity index (χ0n) is 33.6. The lowest BCUT2D eigenvalue weighted by Gasteiger charge is -2.12. The molecular weight excluding hydrogens is 791 g/mol. The summed E-state index contributed by atoms with van der Waals surface area (Å²) in [5.74, 6) is 1.25. The van der Waals surface area contributed by atoms with E-state index < -0.39 is 0 Å². The molecule has 6 aromatic heterocycles. The Hall–Kier alpha value is -8.33. The molecular formula is C55H33N7S. The van der Waals surface area contributed by atoms with Crippen LogP contribution in [0.3, 0.4) is 0 Å². The summed E-state index contributed by atoms with van der Waals surface area (Å²) in [7, 11) is 0. The summed E-state index contributed by atoms with van der Waals surface area (Å²) in [6.07, 6.45) is 3.72. The van der Waals surface area contributed by atoms with Gasteiger partial charge in [0.1, 0.15) is 0 Å². The van der Waals surface area contributed by atoms with E-state index in [-0.39, 0.29) is 0 Å². The summed E-state index contributed by atoms with van der Waals surface area (Å²) in [5.41, 5.74) is 13.1. The zero-order valence-corrected chi connectivity index (χ0v) is 34.4. The van der Waals surface area contributed by atoms with Gasteiger partial charge in [-0.3, -0.25) is 14.1 Å². The minimum Gasteiger partial charge on any atom is -0.278 e. The average molecular weight is 824 g/mol. The number of para-hydroxylation sites is 2. The monoisotopic (exact) mass is 823 g/mol. The van der Waals surface area contributed by atoms with Crippen molar-refractivity contribution in [2.45, 2.75) is 0 Å². The molecule has 0 aliphatic rings. The van der Waals surface area contributed by atoms with Crippen LogP contribution < -0.4 is 0 Å². The van der Waals surface area contributed by atoms with Crippen molar-refractivity contribution < 1.29 is 0 Å². The molecule has 0 aliphatic heterocycles. The number of aromatic nitrogens is 7. The second-order valence-electron chi connectivity index (χ2n) is 15.7. The molecule has 0 atom stereocenters. The van der Waals surface area contributed by atoms with E-state index >= 15 is 0 Å². The van der Waals surface area contributed by atoms with Crippen LogP contribution in [0.15, 0.2) is 200 Å². The maximum absolute atomic E-state index is 5.24. The lowest BCUT2D eigenvalue weighted by Crippen LogP contribution is -2.04. The largest absolute Gasteiger partial charge is 0.278 e. The van der Waals surface area contributed by atoms with E-state index in [2.05, 4.69) is 149 Å². The van der Waals surface area contributed by atoms with Crippen molar-refractivity contribution in [3.63, 3.8) is 0 Å². The van der Waals surface area contributed by atoms with Crippen LogP contribution in [0.4, 0.5) is 0 Å². The normalized spacial score (nSPS) is 11.8. The molecule has 13 aromatic rings. The van der Waals surface area contributed by atoms with Crippen molar-refractivity contribution in [3.8, 4) is 56.8 Å². The van der Waals surface area contributed by atoms with Crippen LogP contribution in [0.25, 0.3) is 121 Å². The number of rotatable bonds is 6. The Labute approximate surface area is 364 Å². The highest BCUT2D eigenvalue weighted by molar-refractivity contribution is 7.25. The highest BCUT2D eigenvalue weighted by atomic mass is 32.1. The molecule has 63 heavy (non-hydrogen) atoms. The fourth-order valence-electron chi connectivity index (χ4n) is 9.16. The summed E-state index contributed by atoms with van der Waals surface area (Å²) in [6.45, 7) is 0. The first-order valence-electron chi connectivity index (χ1n) is 20.9. The van der Waals surface area contributed by atoms with Gasteiger partial charge in [0.2, 0.25) is 11.9 Å². The number of hydrogen-bond acceptors (Lipinski definition) is 6. The lowest BCUT2D eigenvalue weighted by atomic mass is 10.0. The number of hydrogen-bond donors (Lipinski definition) is 0. The van der Waals surface area contributed by atoms with Gasteiger partial charge in [0.05, 0.1) is 49.4 Å². The van der Waals surface area contributed by atoms with Crippen molar-refractivity contribution >= 4 is 75.3 Å². The maximum Gasteiger partial charge on any atom is 0.235 e. The quantitative estimate of drug-likeness (QED) is 0.167. The molecule has 0 saturated heterocycles. The Morgan fingerprint density at radius 1 is 0.317 bits per heavy atom. The Kier molecular flexibility index (Phi) is 7.94. The van der Waals surface area contributed by atoms with Crippen LogP contribution in [-0.2, 0) is 0 Å². The highest BCUT2D eigenvalue weighted by Gasteiger charge is 2.20. The molecule has 0 aliphatic carbocycles. The maximum atomic E-state index is 5.24. The second kappa shape index (κ2) is 14.1. The topological polar surface area (TPSA) is 74.3 Å². The van der Waals surface area contributed by atoms with Gasteiger partial charge in [-0.1, -0.05) is 121 Å². The molecule has 294 valence electrons. The molecule has 0 spiro atoms. The van der Waals surface area contributed by atoms with Crippen LogP contribution in [0, 0.1) is 0 Å². The van der Waals surface area contributed by atoms with Crippen molar-refractivity contribution in [2.24, 2.45) is 0 Å². The van der Waals surface area contributed by atoms with E-state index in [1.165, 1.54) is 9.40 Å². The molecule has 6 heterocycles. The van der Waals surface area contributed by atoms with E-state index in [1.807, 2.05) is 60.9 Å². The summed E-state index contributed by atoms with van der Waals surface area (Å²) in [4.78, 5) is 25.3. The molecule has 0 N–H and O–H groups in total. The van der Waals surface area contributed by atoms with E-state index in [1.54, 1.807) is 11.3 Å².